The van der Waals surface area contributed by atoms with E-state index in [1.807, 2.05) is 54.4 Å². The lowest BCUT2D eigenvalue weighted by Crippen LogP contribution is -2.06. The highest BCUT2D eigenvalue weighted by Crippen LogP contribution is 2.20. The fourth-order valence-corrected chi connectivity index (χ4v) is 4.64. The Morgan fingerprint density at radius 3 is 2.03 bits per heavy atom. The third-order valence-corrected chi connectivity index (χ3v) is 7.34. The zero-order valence-electron chi connectivity index (χ0n) is 21.8. The van der Waals surface area contributed by atoms with E-state index < -0.39 is 0 Å². The van der Waals surface area contributed by atoms with Crippen LogP contribution in [-0.4, -0.2) is 24.6 Å². The second kappa shape index (κ2) is 15.8. The molecule has 0 heterocycles. The summed E-state index contributed by atoms with van der Waals surface area (Å²) in [5.74, 6) is 12.4. The first-order valence-electron chi connectivity index (χ1n) is 12.5. The minimum Gasteiger partial charge on any atom is -0.462 e. The van der Waals surface area contributed by atoms with Gasteiger partial charge in [-0.3, -0.25) is 0 Å². The van der Waals surface area contributed by atoms with Gasteiger partial charge in [0.2, 0.25) is 0 Å². The first kappa shape index (κ1) is 29.2. The van der Waals surface area contributed by atoms with Gasteiger partial charge in [-0.15, -0.1) is 23.5 Å². The van der Waals surface area contributed by atoms with E-state index >= 15 is 0 Å². The van der Waals surface area contributed by atoms with Gasteiger partial charge in [0, 0.05) is 32.1 Å². The summed E-state index contributed by atoms with van der Waals surface area (Å²) in [6.45, 7) is 5.69. The van der Waals surface area contributed by atoms with E-state index in [2.05, 4.69) is 42.4 Å². The molecule has 38 heavy (non-hydrogen) atoms. The summed E-state index contributed by atoms with van der Waals surface area (Å²) in [4.78, 5) is 13.7. The van der Waals surface area contributed by atoms with Crippen molar-refractivity contribution >= 4 is 29.5 Å². The molecule has 3 aromatic carbocycles. The summed E-state index contributed by atoms with van der Waals surface area (Å²) in [6, 6.07) is 20.9. The van der Waals surface area contributed by atoms with Crippen LogP contribution < -0.4 is 0 Å². The molecular weight excluding hydrogens is 511 g/mol. The smallest absolute Gasteiger partial charge is 0.333 e. The molecule has 3 aromatic rings. The van der Waals surface area contributed by atoms with Crippen molar-refractivity contribution in [1.29, 1.82) is 0 Å². The molecular formula is C33H31FO2S2. The molecule has 0 aliphatic carbocycles. The van der Waals surface area contributed by atoms with E-state index in [1.165, 1.54) is 15.9 Å². The molecule has 0 aliphatic rings. The van der Waals surface area contributed by atoms with Gasteiger partial charge in [-0.05, 0) is 98.5 Å². The zero-order chi connectivity index (χ0) is 27.2. The van der Waals surface area contributed by atoms with Crippen LogP contribution in [0, 0.1) is 29.5 Å². The van der Waals surface area contributed by atoms with Gasteiger partial charge in [-0.25, -0.2) is 9.18 Å². The number of thioether (sulfide) groups is 2. The van der Waals surface area contributed by atoms with Crippen LogP contribution in [0.25, 0.3) is 0 Å². The molecule has 3 rings (SSSR count). The van der Waals surface area contributed by atoms with Gasteiger partial charge in [0.15, 0.2) is 0 Å². The first-order chi connectivity index (χ1) is 18.4. The molecule has 0 aliphatic heterocycles. The highest BCUT2D eigenvalue weighted by atomic mass is 32.2. The molecule has 0 fully saturated rings. The Morgan fingerprint density at radius 2 is 1.39 bits per heavy atom. The van der Waals surface area contributed by atoms with Crippen molar-refractivity contribution in [2.75, 3.05) is 18.6 Å². The SMILES string of the molecule is C=C(C)C(=O)OCCCCCCSc1ccc(C#Cc2ccc(C#Cc3ccc(SC)cc3)c(F)c2)cc1. The molecule has 194 valence electrons. The zero-order valence-corrected chi connectivity index (χ0v) is 23.4. The van der Waals surface area contributed by atoms with E-state index in [9.17, 15) is 9.18 Å². The fraction of sp³-hybridized carbons (Fsp3) is 0.242. The van der Waals surface area contributed by atoms with Crippen LogP contribution >= 0.6 is 23.5 Å². The number of rotatable bonds is 10. The van der Waals surface area contributed by atoms with Crippen LogP contribution in [0.1, 0.15) is 54.9 Å². The number of hydrogen-bond donors (Lipinski definition) is 0. The molecule has 0 saturated carbocycles. The Hall–Kier alpha value is -3.38. The van der Waals surface area contributed by atoms with Crippen molar-refractivity contribution in [3.8, 4) is 23.7 Å². The van der Waals surface area contributed by atoms with E-state index in [1.54, 1.807) is 30.8 Å². The quantitative estimate of drug-likeness (QED) is 0.0850. The minimum absolute atomic E-state index is 0.312. The molecule has 0 aromatic heterocycles. The Kier molecular flexibility index (Phi) is 12.1. The van der Waals surface area contributed by atoms with Crippen molar-refractivity contribution in [2.24, 2.45) is 0 Å². The minimum atomic E-state index is -0.371. The van der Waals surface area contributed by atoms with Crippen LogP contribution in [0.4, 0.5) is 4.39 Å². The molecule has 0 N–H and O–H groups in total. The van der Waals surface area contributed by atoms with Crippen molar-refractivity contribution in [1.82, 2.24) is 0 Å². The van der Waals surface area contributed by atoms with Gasteiger partial charge >= 0.3 is 5.97 Å². The van der Waals surface area contributed by atoms with Crippen LogP contribution in [0.3, 0.4) is 0 Å². The highest BCUT2D eigenvalue weighted by Gasteiger charge is 2.02. The van der Waals surface area contributed by atoms with Crippen molar-refractivity contribution < 1.29 is 13.9 Å². The maximum absolute atomic E-state index is 14.5. The van der Waals surface area contributed by atoms with Gasteiger partial charge in [0.05, 0.1) is 12.2 Å². The van der Waals surface area contributed by atoms with Gasteiger partial charge in [0.25, 0.3) is 0 Å². The second-order valence-electron chi connectivity index (χ2n) is 8.63. The van der Waals surface area contributed by atoms with E-state index in [0.29, 0.717) is 23.3 Å². The van der Waals surface area contributed by atoms with Gasteiger partial charge in [-0.2, -0.15) is 0 Å². The molecule has 0 radical (unpaired) electrons. The molecule has 5 heteroatoms. The molecule has 0 saturated heterocycles. The van der Waals surface area contributed by atoms with E-state index in [4.69, 9.17) is 4.74 Å². The number of carbonyl (C=O) groups excluding carboxylic acids is 1. The van der Waals surface area contributed by atoms with Crippen LogP contribution in [0.2, 0.25) is 0 Å². The Balaban J connectivity index is 1.43. The average molecular weight is 543 g/mol. The third kappa shape index (κ3) is 10.2. The Bertz CT molecular complexity index is 1350. The Labute approximate surface area is 234 Å². The standard InChI is InChI=1S/C33H31FO2S2/c1-25(2)33(35)36-22-6-4-5-7-23-38-31-20-14-26(15-21-31)8-9-28-11-17-29(32(34)24-28)16-10-27-12-18-30(37-3)19-13-27/h11-15,17-21,24H,1,4-7,22-23H2,2-3H3. The van der Waals surface area contributed by atoms with Crippen LogP contribution in [-0.2, 0) is 9.53 Å². The molecule has 0 bridgehead atoms. The molecule has 0 spiro atoms. The number of halogens is 1. The van der Waals surface area contributed by atoms with Crippen LogP contribution in [0.5, 0.6) is 0 Å². The Morgan fingerprint density at radius 1 is 0.816 bits per heavy atom. The molecule has 0 amide bonds. The summed E-state index contributed by atoms with van der Waals surface area (Å²) < 4.78 is 19.6. The number of hydrogen-bond acceptors (Lipinski definition) is 4. The average Bonchev–Trinajstić information content (AvgIpc) is 2.93. The predicted octanol–water partition coefficient (Wildman–Crippen LogP) is 8.12. The number of benzene rings is 3. The molecule has 0 unspecified atom stereocenters. The summed E-state index contributed by atoms with van der Waals surface area (Å²) in [6.07, 6.45) is 6.16. The summed E-state index contributed by atoms with van der Waals surface area (Å²) in [5, 5.41) is 0. The van der Waals surface area contributed by atoms with E-state index in [0.717, 1.165) is 42.6 Å². The second-order valence-corrected chi connectivity index (χ2v) is 10.7. The molecule has 2 nitrogen and oxygen atoms in total. The lowest BCUT2D eigenvalue weighted by molar-refractivity contribution is -0.139. The van der Waals surface area contributed by atoms with Gasteiger partial charge in [0.1, 0.15) is 5.82 Å². The van der Waals surface area contributed by atoms with Gasteiger partial charge in [-0.1, -0.05) is 43.1 Å². The largest absolute Gasteiger partial charge is 0.462 e. The maximum atomic E-state index is 14.5. The van der Waals surface area contributed by atoms with Crippen molar-refractivity contribution in [2.45, 2.75) is 42.4 Å². The van der Waals surface area contributed by atoms with Crippen LogP contribution in [0.15, 0.2) is 88.7 Å². The fourth-order valence-electron chi connectivity index (χ4n) is 3.32. The van der Waals surface area contributed by atoms with E-state index in [-0.39, 0.29) is 11.8 Å². The van der Waals surface area contributed by atoms with Crippen molar-refractivity contribution in [3.05, 3.63) is 107 Å². The lowest BCUT2D eigenvalue weighted by Gasteiger charge is -2.04. The van der Waals surface area contributed by atoms with Gasteiger partial charge < -0.3 is 4.74 Å². The third-order valence-electron chi connectivity index (χ3n) is 5.50. The first-order valence-corrected chi connectivity index (χ1v) is 14.7. The monoisotopic (exact) mass is 542 g/mol. The highest BCUT2D eigenvalue weighted by molar-refractivity contribution is 7.99. The summed E-state index contributed by atoms with van der Waals surface area (Å²) in [5.41, 5.74) is 3.15. The summed E-state index contributed by atoms with van der Waals surface area (Å²) in [7, 11) is 0. The normalized spacial score (nSPS) is 10.1. The number of esters is 1. The topological polar surface area (TPSA) is 26.3 Å². The maximum Gasteiger partial charge on any atom is 0.333 e. The summed E-state index contributed by atoms with van der Waals surface area (Å²) >= 11 is 3.49. The number of ether oxygens (including phenoxy) is 1. The number of unbranched alkanes of at least 4 members (excludes halogenated alkanes) is 3. The lowest BCUT2D eigenvalue weighted by atomic mass is 10.1. The van der Waals surface area contributed by atoms with Crippen molar-refractivity contribution in [3.63, 3.8) is 0 Å². The number of carbonyl (C=O) groups is 1. The predicted molar refractivity (Wildman–Crippen MR) is 158 cm³/mol. The molecule has 0 atom stereocenters.